The number of amidine groups is 1. The Balaban J connectivity index is 2.92. The van der Waals surface area contributed by atoms with Gasteiger partial charge < -0.3 is 10.9 Å². The molecule has 0 aliphatic rings. The summed E-state index contributed by atoms with van der Waals surface area (Å²) in [7, 11) is -3.70. The number of hydrogen-bond acceptors (Lipinski definition) is 4. The topological polar surface area (TPSA) is 96.0 Å². The van der Waals surface area contributed by atoms with Crippen molar-refractivity contribution in [2.24, 2.45) is 10.9 Å². The molecule has 0 spiro atoms. The minimum absolute atomic E-state index is 0.00950. The Morgan fingerprint density at radius 2 is 2.00 bits per heavy atom. The van der Waals surface area contributed by atoms with E-state index in [0.29, 0.717) is 0 Å². The van der Waals surface area contributed by atoms with E-state index in [1.807, 2.05) is 0 Å². The van der Waals surface area contributed by atoms with E-state index in [1.54, 1.807) is 6.92 Å². The number of nitrogens with zero attached hydrogens (tertiary/aromatic N) is 2. The van der Waals surface area contributed by atoms with Crippen LogP contribution in [-0.2, 0) is 10.0 Å². The van der Waals surface area contributed by atoms with Crippen molar-refractivity contribution in [1.29, 1.82) is 0 Å². The number of benzene rings is 1. The Bertz CT molecular complexity index is 543. The average Bonchev–Trinajstić information content (AvgIpc) is 2.39. The number of halogens is 1. The standard InChI is InChI=1S/C11H16FN3O3S/c1-2-15(8-7-11(13)14-16)19(17,18)10-5-3-9(12)4-6-10/h3-6,16H,2,7-8H2,1H3,(H2,13,14). The zero-order chi connectivity index (χ0) is 14.5. The molecule has 6 nitrogen and oxygen atoms in total. The highest BCUT2D eigenvalue weighted by Gasteiger charge is 2.22. The summed E-state index contributed by atoms with van der Waals surface area (Å²) in [4.78, 5) is 0.00950. The predicted octanol–water partition coefficient (Wildman–Crippen LogP) is 0.973. The van der Waals surface area contributed by atoms with Gasteiger partial charge in [-0.3, -0.25) is 0 Å². The number of sulfonamides is 1. The van der Waals surface area contributed by atoms with Crippen LogP contribution in [0.25, 0.3) is 0 Å². The fourth-order valence-electron chi connectivity index (χ4n) is 1.49. The second kappa shape index (κ2) is 6.48. The van der Waals surface area contributed by atoms with Gasteiger partial charge in [-0.15, -0.1) is 0 Å². The maximum absolute atomic E-state index is 12.8. The van der Waals surface area contributed by atoms with Crippen LogP contribution in [0, 0.1) is 5.82 Å². The second-order valence-electron chi connectivity index (χ2n) is 3.79. The first-order valence-corrected chi connectivity index (χ1v) is 7.08. The molecule has 0 saturated carbocycles. The normalized spacial score (nSPS) is 12.9. The zero-order valence-electron chi connectivity index (χ0n) is 10.5. The summed E-state index contributed by atoms with van der Waals surface area (Å²) in [5, 5.41) is 11.2. The van der Waals surface area contributed by atoms with Crippen LogP contribution in [0.2, 0.25) is 0 Å². The molecule has 0 saturated heterocycles. The largest absolute Gasteiger partial charge is 0.409 e. The first-order chi connectivity index (χ1) is 8.91. The highest BCUT2D eigenvalue weighted by atomic mass is 32.2. The van der Waals surface area contributed by atoms with E-state index in [9.17, 15) is 12.8 Å². The zero-order valence-corrected chi connectivity index (χ0v) is 11.3. The van der Waals surface area contributed by atoms with Gasteiger partial charge in [-0.25, -0.2) is 12.8 Å². The molecule has 0 aromatic heterocycles. The molecule has 1 rings (SSSR count). The van der Waals surface area contributed by atoms with Crippen molar-refractivity contribution in [3.63, 3.8) is 0 Å². The van der Waals surface area contributed by atoms with Crippen molar-refractivity contribution in [2.45, 2.75) is 18.2 Å². The lowest BCUT2D eigenvalue weighted by molar-refractivity contribution is 0.315. The van der Waals surface area contributed by atoms with Crippen molar-refractivity contribution < 1.29 is 18.0 Å². The fourth-order valence-corrected chi connectivity index (χ4v) is 2.94. The van der Waals surface area contributed by atoms with Crippen LogP contribution in [0.5, 0.6) is 0 Å². The number of rotatable bonds is 6. The minimum atomic E-state index is -3.70. The van der Waals surface area contributed by atoms with Crippen LogP contribution in [0.3, 0.4) is 0 Å². The van der Waals surface area contributed by atoms with E-state index in [0.717, 1.165) is 12.1 Å². The van der Waals surface area contributed by atoms with Crippen LogP contribution in [-0.4, -0.2) is 36.9 Å². The van der Waals surface area contributed by atoms with E-state index < -0.39 is 15.8 Å². The Hall–Kier alpha value is -1.67. The number of oxime groups is 1. The van der Waals surface area contributed by atoms with Gasteiger partial charge in [-0.1, -0.05) is 12.1 Å². The first kappa shape index (κ1) is 15.4. The van der Waals surface area contributed by atoms with Gasteiger partial charge in [0.05, 0.1) is 4.90 Å². The third-order valence-electron chi connectivity index (χ3n) is 2.55. The van der Waals surface area contributed by atoms with Gasteiger partial charge in [0, 0.05) is 19.5 Å². The predicted molar refractivity (Wildman–Crippen MR) is 68.9 cm³/mol. The summed E-state index contributed by atoms with van der Waals surface area (Å²) in [5.41, 5.74) is 5.31. The molecule has 1 aromatic carbocycles. The van der Waals surface area contributed by atoms with Gasteiger partial charge in [-0.05, 0) is 24.3 Å². The molecule has 19 heavy (non-hydrogen) atoms. The molecule has 3 N–H and O–H groups in total. The Morgan fingerprint density at radius 3 is 2.47 bits per heavy atom. The van der Waals surface area contributed by atoms with Crippen LogP contribution in [0.1, 0.15) is 13.3 Å². The maximum Gasteiger partial charge on any atom is 0.243 e. The lowest BCUT2D eigenvalue weighted by Crippen LogP contribution is -2.34. The maximum atomic E-state index is 12.8. The molecule has 0 unspecified atom stereocenters. The van der Waals surface area contributed by atoms with Gasteiger partial charge in [0.1, 0.15) is 11.7 Å². The van der Waals surface area contributed by atoms with Gasteiger partial charge in [-0.2, -0.15) is 4.31 Å². The average molecular weight is 289 g/mol. The molecular weight excluding hydrogens is 273 g/mol. The van der Waals surface area contributed by atoms with Crippen molar-refractivity contribution in [3.8, 4) is 0 Å². The first-order valence-electron chi connectivity index (χ1n) is 5.64. The van der Waals surface area contributed by atoms with E-state index in [2.05, 4.69) is 5.16 Å². The number of hydrogen-bond donors (Lipinski definition) is 2. The molecular formula is C11H16FN3O3S. The third-order valence-corrected chi connectivity index (χ3v) is 4.54. The SMILES string of the molecule is CCN(CC/C(N)=N/O)S(=O)(=O)c1ccc(F)cc1. The summed E-state index contributed by atoms with van der Waals surface area (Å²) < 4.78 is 38.4. The van der Waals surface area contributed by atoms with Crippen molar-refractivity contribution in [3.05, 3.63) is 30.1 Å². The van der Waals surface area contributed by atoms with E-state index >= 15 is 0 Å². The molecule has 0 radical (unpaired) electrons. The molecule has 0 amide bonds. The van der Waals surface area contributed by atoms with E-state index in [4.69, 9.17) is 10.9 Å². The quantitative estimate of drug-likeness (QED) is 0.353. The summed E-state index contributed by atoms with van der Waals surface area (Å²) in [6.07, 6.45) is 0.116. The van der Waals surface area contributed by atoms with Crippen molar-refractivity contribution in [2.75, 3.05) is 13.1 Å². The van der Waals surface area contributed by atoms with Crippen LogP contribution in [0.4, 0.5) is 4.39 Å². The highest BCUT2D eigenvalue weighted by Crippen LogP contribution is 2.16. The Labute approximate surface area is 111 Å². The van der Waals surface area contributed by atoms with Crippen LogP contribution >= 0.6 is 0 Å². The molecule has 0 aliphatic carbocycles. The third kappa shape index (κ3) is 3.90. The summed E-state index contributed by atoms with van der Waals surface area (Å²) in [6.45, 7) is 2.00. The molecule has 0 heterocycles. The number of nitrogens with two attached hydrogens (primary N) is 1. The van der Waals surface area contributed by atoms with E-state index in [1.165, 1.54) is 16.4 Å². The summed E-state index contributed by atoms with van der Waals surface area (Å²) in [6, 6.07) is 4.59. The lowest BCUT2D eigenvalue weighted by Gasteiger charge is -2.20. The van der Waals surface area contributed by atoms with Crippen LogP contribution in [0.15, 0.2) is 34.3 Å². The molecule has 1 aromatic rings. The Kier molecular flexibility index (Phi) is 5.25. The monoisotopic (exact) mass is 289 g/mol. The molecule has 0 aliphatic heterocycles. The van der Waals surface area contributed by atoms with Gasteiger partial charge in [0.15, 0.2) is 0 Å². The molecule has 0 bridgehead atoms. The summed E-state index contributed by atoms with van der Waals surface area (Å²) >= 11 is 0. The smallest absolute Gasteiger partial charge is 0.243 e. The van der Waals surface area contributed by atoms with Gasteiger partial charge in [0.25, 0.3) is 0 Å². The second-order valence-corrected chi connectivity index (χ2v) is 5.73. The molecule has 0 fully saturated rings. The van der Waals surface area contributed by atoms with Crippen molar-refractivity contribution in [1.82, 2.24) is 4.31 Å². The fraction of sp³-hybridized carbons (Fsp3) is 0.364. The summed E-state index contributed by atoms with van der Waals surface area (Å²) in [5.74, 6) is -0.550. The lowest BCUT2D eigenvalue weighted by atomic mass is 10.4. The molecule has 106 valence electrons. The Morgan fingerprint density at radius 1 is 1.42 bits per heavy atom. The molecule has 0 atom stereocenters. The van der Waals surface area contributed by atoms with Crippen molar-refractivity contribution >= 4 is 15.9 Å². The van der Waals surface area contributed by atoms with Gasteiger partial charge >= 0.3 is 0 Å². The highest BCUT2D eigenvalue weighted by molar-refractivity contribution is 7.89. The van der Waals surface area contributed by atoms with E-state index in [-0.39, 0.29) is 30.2 Å². The minimum Gasteiger partial charge on any atom is -0.409 e. The molecule has 8 heteroatoms. The van der Waals surface area contributed by atoms with Gasteiger partial charge in [0.2, 0.25) is 10.0 Å². The van der Waals surface area contributed by atoms with Crippen LogP contribution < -0.4 is 5.73 Å².